The minimum Gasteiger partial charge on any atom is -0.349 e. The van der Waals surface area contributed by atoms with Crippen molar-refractivity contribution in [1.29, 1.82) is 0 Å². The van der Waals surface area contributed by atoms with Crippen molar-refractivity contribution in [3.63, 3.8) is 0 Å². The van der Waals surface area contributed by atoms with Crippen LogP contribution in [0.2, 0.25) is 0 Å². The Hall–Kier alpha value is -1.65. The third-order valence-corrected chi connectivity index (χ3v) is 3.12. The topological polar surface area (TPSA) is 64.0 Å². The van der Waals surface area contributed by atoms with Gasteiger partial charge in [0.25, 0.3) is 0 Å². The quantitative estimate of drug-likeness (QED) is 0.791. The Bertz CT molecular complexity index is 451. The first-order valence-corrected chi connectivity index (χ1v) is 5.87. The number of hydrogen-bond acceptors (Lipinski definition) is 3. The van der Waals surface area contributed by atoms with Crippen LogP contribution in [0.5, 0.6) is 0 Å². The summed E-state index contributed by atoms with van der Waals surface area (Å²) in [6.45, 7) is 1.43. The lowest BCUT2D eigenvalue weighted by Crippen LogP contribution is -2.31. The number of carbonyl (C=O) groups excluding carboxylic acids is 2. The molecule has 0 radical (unpaired) electrons. The largest absolute Gasteiger partial charge is 0.349 e. The molecule has 0 aliphatic heterocycles. The van der Waals surface area contributed by atoms with Crippen molar-refractivity contribution in [2.75, 3.05) is 0 Å². The van der Waals surface area contributed by atoms with Gasteiger partial charge in [-0.15, -0.1) is 0 Å². The van der Waals surface area contributed by atoms with Crippen molar-refractivity contribution in [3.8, 4) is 0 Å². The van der Waals surface area contributed by atoms with Crippen LogP contribution in [0, 0.1) is 0 Å². The Labute approximate surface area is 100 Å². The summed E-state index contributed by atoms with van der Waals surface area (Å²) in [7, 11) is 1.92. The number of hydrogen-bond donors (Lipinski definition) is 1. The molecule has 1 aromatic rings. The number of rotatable bonds is 3. The average Bonchev–Trinajstić information content (AvgIpc) is 2.61. The molecule has 5 heteroatoms. The van der Waals surface area contributed by atoms with Gasteiger partial charge in [0.05, 0.1) is 18.7 Å². The lowest BCUT2D eigenvalue weighted by Gasteiger charge is -2.23. The van der Waals surface area contributed by atoms with Crippen LogP contribution in [-0.2, 0) is 23.1 Å². The van der Waals surface area contributed by atoms with Crippen LogP contribution in [0.15, 0.2) is 6.20 Å². The number of fused-ring (bicyclic) bond motifs is 1. The Morgan fingerprint density at radius 3 is 3.06 bits per heavy atom. The smallest absolute Gasteiger partial charge is 0.227 e. The molecular formula is C12H17N3O2. The molecule has 5 nitrogen and oxygen atoms in total. The molecule has 92 valence electrons. The molecule has 0 spiro atoms. The van der Waals surface area contributed by atoms with Crippen LogP contribution in [0.4, 0.5) is 0 Å². The number of amides is 1. The van der Waals surface area contributed by atoms with Gasteiger partial charge in [0.15, 0.2) is 0 Å². The summed E-state index contributed by atoms with van der Waals surface area (Å²) in [5, 5.41) is 7.12. The zero-order valence-electron chi connectivity index (χ0n) is 10.2. The van der Waals surface area contributed by atoms with Crippen molar-refractivity contribution in [2.24, 2.45) is 7.05 Å². The fourth-order valence-corrected chi connectivity index (χ4v) is 2.33. The van der Waals surface area contributed by atoms with Gasteiger partial charge in [-0.25, -0.2) is 0 Å². The van der Waals surface area contributed by atoms with E-state index in [0.717, 1.165) is 24.8 Å². The monoisotopic (exact) mass is 235 g/mol. The molecule has 17 heavy (non-hydrogen) atoms. The van der Waals surface area contributed by atoms with E-state index in [1.807, 2.05) is 17.9 Å². The van der Waals surface area contributed by atoms with Crippen molar-refractivity contribution in [1.82, 2.24) is 15.1 Å². The molecule has 0 saturated heterocycles. The standard InChI is InChI=1S/C12H17N3O2/c1-8(16)6-12(17)14-10-4-3-5-11-9(10)7-13-15(11)2/h7,10H,3-6H2,1-2H3,(H,14,17). The third-order valence-electron chi connectivity index (χ3n) is 3.12. The number of nitrogens with one attached hydrogen (secondary N) is 1. The molecule has 1 aliphatic rings. The van der Waals surface area contributed by atoms with Crippen LogP contribution in [0.1, 0.15) is 43.5 Å². The Balaban J connectivity index is 2.08. The Morgan fingerprint density at radius 2 is 2.35 bits per heavy atom. The van der Waals surface area contributed by atoms with E-state index in [0.29, 0.717) is 0 Å². The van der Waals surface area contributed by atoms with Crippen molar-refractivity contribution >= 4 is 11.7 Å². The van der Waals surface area contributed by atoms with Crippen LogP contribution in [0.25, 0.3) is 0 Å². The van der Waals surface area contributed by atoms with E-state index in [9.17, 15) is 9.59 Å². The second-order valence-electron chi connectivity index (χ2n) is 4.56. The van der Waals surface area contributed by atoms with Crippen LogP contribution < -0.4 is 5.32 Å². The second-order valence-corrected chi connectivity index (χ2v) is 4.56. The fourth-order valence-electron chi connectivity index (χ4n) is 2.33. The Kier molecular flexibility index (Phi) is 3.26. The highest BCUT2D eigenvalue weighted by molar-refractivity contribution is 5.96. The lowest BCUT2D eigenvalue weighted by atomic mass is 9.93. The van der Waals surface area contributed by atoms with Crippen LogP contribution in [0.3, 0.4) is 0 Å². The van der Waals surface area contributed by atoms with E-state index in [1.165, 1.54) is 12.6 Å². The Morgan fingerprint density at radius 1 is 1.59 bits per heavy atom. The molecule has 1 N–H and O–H groups in total. The molecule has 0 fully saturated rings. The summed E-state index contributed by atoms with van der Waals surface area (Å²) in [6, 6.07) is 0.0132. The summed E-state index contributed by atoms with van der Waals surface area (Å²) in [6.07, 6.45) is 4.74. The highest BCUT2D eigenvalue weighted by Gasteiger charge is 2.24. The highest BCUT2D eigenvalue weighted by atomic mass is 16.2. The average molecular weight is 235 g/mol. The molecule has 2 rings (SSSR count). The predicted molar refractivity (Wildman–Crippen MR) is 62.3 cm³/mol. The number of nitrogens with zero attached hydrogens (tertiary/aromatic N) is 2. The maximum absolute atomic E-state index is 11.6. The van der Waals surface area contributed by atoms with Crippen LogP contribution >= 0.6 is 0 Å². The number of ketones is 1. The van der Waals surface area contributed by atoms with Gasteiger partial charge in [-0.05, 0) is 26.2 Å². The van der Waals surface area contributed by atoms with Crippen molar-refractivity contribution in [3.05, 3.63) is 17.5 Å². The van der Waals surface area contributed by atoms with Gasteiger partial charge in [0.2, 0.25) is 5.91 Å². The number of aryl methyl sites for hydroxylation is 1. The highest BCUT2D eigenvalue weighted by Crippen LogP contribution is 2.29. The van der Waals surface area contributed by atoms with Gasteiger partial charge < -0.3 is 5.32 Å². The summed E-state index contributed by atoms with van der Waals surface area (Å²) in [5.74, 6) is -0.302. The minimum atomic E-state index is -0.195. The summed E-state index contributed by atoms with van der Waals surface area (Å²) in [5.41, 5.74) is 2.28. The van der Waals surface area contributed by atoms with Gasteiger partial charge in [-0.2, -0.15) is 5.10 Å². The molecule has 1 amide bonds. The van der Waals surface area contributed by atoms with Gasteiger partial charge in [-0.3, -0.25) is 14.3 Å². The number of Topliss-reactive ketones (excluding diaryl/α,β-unsaturated/α-hetero) is 1. The minimum absolute atomic E-state index is 0.0132. The third kappa shape index (κ3) is 2.54. The summed E-state index contributed by atoms with van der Waals surface area (Å²) < 4.78 is 1.86. The first kappa shape index (κ1) is 11.8. The van der Waals surface area contributed by atoms with E-state index in [1.54, 1.807) is 0 Å². The molecule has 0 saturated carbocycles. The van der Waals surface area contributed by atoms with Gasteiger partial charge >= 0.3 is 0 Å². The first-order valence-electron chi connectivity index (χ1n) is 5.87. The van der Waals surface area contributed by atoms with Crippen LogP contribution in [-0.4, -0.2) is 21.5 Å². The molecule has 1 atom stereocenters. The maximum Gasteiger partial charge on any atom is 0.227 e. The molecule has 0 bridgehead atoms. The molecule has 0 aromatic carbocycles. The predicted octanol–water partition coefficient (Wildman–Crippen LogP) is 0.893. The molecule has 1 aromatic heterocycles. The van der Waals surface area contributed by atoms with E-state index in [-0.39, 0.29) is 24.2 Å². The zero-order chi connectivity index (χ0) is 12.4. The zero-order valence-corrected chi connectivity index (χ0v) is 10.2. The van der Waals surface area contributed by atoms with E-state index >= 15 is 0 Å². The number of aromatic nitrogens is 2. The number of carbonyl (C=O) groups is 2. The second kappa shape index (κ2) is 4.69. The summed E-state index contributed by atoms with van der Waals surface area (Å²) in [4.78, 5) is 22.4. The van der Waals surface area contributed by atoms with E-state index < -0.39 is 0 Å². The first-order chi connectivity index (χ1) is 8.08. The van der Waals surface area contributed by atoms with Crippen molar-refractivity contribution in [2.45, 2.75) is 38.6 Å². The molecular weight excluding hydrogens is 218 g/mol. The normalized spacial score (nSPS) is 18.6. The summed E-state index contributed by atoms with van der Waals surface area (Å²) >= 11 is 0. The van der Waals surface area contributed by atoms with E-state index in [2.05, 4.69) is 10.4 Å². The van der Waals surface area contributed by atoms with Crippen molar-refractivity contribution < 1.29 is 9.59 Å². The molecule has 1 heterocycles. The van der Waals surface area contributed by atoms with Gasteiger partial charge in [0.1, 0.15) is 5.78 Å². The van der Waals surface area contributed by atoms with Gasteiger partial charge in [0, 0.05) is 18.3 Å². The van der Waals surface area contributed by atoms with Gasteiger partial charge in [-0.1, -0.05) is 0 Å². The maximum atomic E-state index is 11.6. The molecule has 1 aliphatic carbocycles. The SMILES string of the molecule is CC(=O)CC(=O)NC1CCCc2c1cnn2C. The molecule has 1 unspecified atom stereocenters. The lowest BCUT2D eigenvalue weighted by molar-refractivity contribution is -0.127. The fraction of sp³-hybridized carbons (Fsp3) is 0.583. The van der Waals surface area contributed by atoms with E-state index in [4.69, 9.17) is 0 Å².